The van der Waals surface area contributed by atoms with E-state index in [1.807, 2.05) is 37.1 Å². The summed E-state index contributed by atoms with van der Waals surface area (Å²) in [7, 11) is 2.02. The molecule has 1 fully saturated rings. The van der Waals surface area contributed by atoms with Gasteiger partial charge in [0.15, 0.2) is 0 Å². The van der Waals surface area contributed by atoms with Gasteiger partial charge in [-0.2, -0.15) is 0 Å². The average Bonchev–Trinajstić information content (AvgIpc) is 2.61. The van der Waals surface area contributed by atoms with Crippen LogP contribution in [-0.4, -0.2) is 49.9 Å². The number of likely N-dealkylation sites (tertiary alicyclic amines) is 1. The van der Waals surface area contributed by atoms with Gasteiger partial charge in [-0.25, -0.2) is 0 Å². The second-order valence-electron chi connectivity index (χ2n) is 6.08. The molecule has 0 saturated carbocycles. The van der Waals surface area contributed by atoms with E-state index in [1.54, 1.807) is 0 Å². The number of likely N-dealkylation sites (N-methyl/N-ethyl adjacent to an activating group) is 1. The molecule has 1 aliphatic heterocycles. The molecule has 1 N–H and O–H groups in total. The van der Waals surface area contributed by atoms with Gasteiger partial charge in [0.1, 0.15) is 0 Å². The van der Waals surface area contributed by atoms with Crippen LogP contribution in [0.4, 0.5) is 5.69 Å². The van der Waals surface area contributed by atoms with E-state index in [0.29, 0.717) is 19.5 Å². The van der Waals surface area contributed by atoms with Gasteiger partial charge in [0.05, 0.1) is 5.92 Å². The summed E-state index contributed by atoms with van der Waals surface area (Å²) in [5.74, 6) is 0.146. The van der Waals surface area contributed by atoms with Gasteiger partial charge >= 0.3 is 0 Å². The van der Waals surface area contributed by atoms with E-state index in [4.69, 9.17) is 0 Å². The zero-order chi connectivity index (χ0) is 16.7. The van der Waals surface area contributed by atoms with Crippen molar-refractivity contribution < 1.29 is 9.59 Å². The molecule has 1 aliphatic rings. The first kappa shape index (κ1) is 17.3. The topological polar surface area (TPSA) is 52.7 Å². The molecule has 0 spiro atoms. The SMILES string of the molecule is CCC(=O)N1CCCC(C(=O)NCCN(C)c2ccccc2)C1. The molecule has 1 heterocycles. The lowest BCUT2D eigenvalue weighted by molar-refractivity contribution is -0.135. The number of rotatable bonds is 6. The van der Waals surface area contributed by atoms with Gasteiger partial charge in [0, 0.05) is 45.3 Å². The largest absolute Gasteiger partial charge is 0.373 e. The molecule has 0 bridgehead atoms. The van der Waals surface area contributed by atoms with E-state index in [9.17, 15) is 9.59 Å². The normalized spacial score (nSPS) is 17.7. The summed E-state index contributed by atoms with van der Waals surface area (Å²) in [6.45, 7) is 4.59. The van der Waals surface area contributed by atoms with Gasteiger partial charge in [0.25, 0.3) is 0 Å². The number of carbonyl (C=O) groups excluding carboxylic acids is 2. The Kier molecular flexibility index (Phi) is 6.44. The van der Waals surface area contributed by atoms with Gasteiger partial charge in [-0.3, -0.25) is 9.59 Å². The molecule has 1 aromatic rings. The highest BCUT2D eigenvalue weighted by atomic mass is 16.2. The highest BCUT2D eigenvalue weighted by molar-refractivity contribution is 5.81. The Bertz CT molecular complexity index is 518. The van der Waals surface area contributed by atoms with Gasteiger partial charge < -0.3 is 15.1 Å². The maximum atomic E-state index is 12.3. The second-order valence-corrected chi connectivity index (χ2v) is 6.08. The summed E-state index contributed by atoms with van der Waals surface area (Å²) in [5, 5.41) is 3.01. The Hall–Kier alpha value is -2.04. The first-order valence-electron chi connectivity index (χ1n) is 8.43. The monoisotopic (exact) mass is 317 g/mol. The number of piperidine rings is 1. The van der Waals surface area contributed by atoms with Crippen molar-refractivity contribution in [2.45, 2.75) is 26.2 Å². The van der Waals surface area contributed by atoms with Crippen LogP contribution in [0.25, 0.3) is 0 Å². The van der Waals surface area contributed by atoms with E-state index >= 15 is 0 Å². The van der Waals surface area contributed by atoms with Gasteiger partial charge in [0.2, 0.25) is 11.8 Å². The zero-order valence-electron chi connectivity index (χ0n) is 14.1. The van der Waals surface area contributed by atoms with Crippen LogP contribution in [0.15, 0.2) is 30.3 Å². The smallest absolute Gasteiger partial charge is 0.224 e. The van der Waals surface area contributed by atoms with Gasteiger partial charge in [-0.05, 0) is 25.0 Å². The van der Waals surface area contributed by atoms with Crippen molar-refractivity contribution in [3.8, 4) is 0 Å². The molecule has 1 aromatic carbocycles. The van der Waals surface area contributed by atoms with Crippen molar-refractivity contribution in [1.29, 1.82) is 0 Å². The third-order valence-corrected chi connectivity index (χ3v) is 4.39. The molecular weight excluding hydrogens is 290 g/mol. The lowest BCUT2D eigenvalue weighted by Crippen LogP contribution is -2.46. The number of hydrogen-bond donors (Lipinski definition) is 1. The molecule has 1 atom stereocenters. The van der Waals surface area contributed by atoms with Crippen LogP contribution in [0, 0.1) is 5.92 Å². The molecule has 1 saturated heterocycles. The fourth-order valence-corrected chi connectivity index (χ4v) is 2.94. The van der Waals surface area contributed by atoms with Crippen molar-refractivity contribution in [2.24, 2.45) is 5.92 Å². The standard InChI is InChI=1S/C18H27N3O2/c1-3-17(22)21-12-7-8-15(14-21)18(23)19-11-13-20(2)16-9-5-4-6-10-16/h4-6,9-10,15H,3,7-8,11-14H2,1-2H3,(H,19,23). The minimum atomic E-state index is -0.0683. The van der Waals surface area contributed by atoms with Crippen molar-refractivity contribution >= 4 is 17.5 Å². The molecule has 126 valence electrons. The Morgan fingerprint density at radius 3 is 2.74 bits per heavy atom. The van der Waals surface area contributed by atoms with Gasteiger partial charge in [-0.15, -0.1) is 0 Å². The van der Waals surface area contributed by atoms with Crippen LogP contribution < -0.4 is 10.2 Å². The molecule has 5 heteroatoms. The lowest BCUT2D eigenvalue weighted by Gasteiger charge is -2.32. The molecular formula is C18H27N3O2. The number of anilines is 1. The zero-order valence-corrected chi connectivity index (χ0v) is 14.1. The predicted octanol–water partition coefficient (Wildman–Crippen LogP) is 1.89. The van der Waals surface area contributed by atoms with Crippen molar-refractivity contribution in [3.05, 3.63) is 30.3 Å². The van der Waals surface area contributed by atoms with Crippen molar-refractivity contribution in [1.82, 2.24) is 10.2 Å². The molecule has 2 rings (SSSR count). The van der Waals surface area contributed by atoms with E-state index in [-0.39, 0.29) is 17.7 Å². The predicted molar refractivity (Wildman–Crippen MR) is 92.3 cm³/mol. The molecule has 0 aromatic heterocycles. The highest BCUT2D eigenvalue weighted by Crippen LogP contribution is 2.17. The van der Waals surface area contributed by atoms with Gasteiger partial charge in [-0.1, -0.05) is 25.1 Å². The fraction of sp³-hybridized carbons (Fsp3) is 0.556. The van der Waals surface area contributed by atoms with Crippen LogP contribution in [0.1, 0.15) is 26.2 Å². The first-order chi connectivity index (χ1) is 11.1. The number of carbonyl (C=O) groups is 2. The maximum Gasteiger partial charge on any atom is 0.224 e. The van der Waals surface area contributed by atoms with E-state index in [2.05, 4.69) is 22.3 Å². The molecule has 0 aliphatic carbocycles. The number of hydrogen-bond acceptors (Lipinski definition) is 3. The molecule has 23 heavy (non-hydrogen) atoms. The summed E-state index contributed by atoms with van der Waals surface area (Å²) in [6.07, 6.45) is 2.29. The summed E-state index contributed by atoms with van der Waals surface area (Å²) >= 11 is 0. The minimum absolute atomic E-state index is 0.0683. The first-order valence-corrected chi connectivity index (χ1v) is 8.43. The molecule has 1 unspecified atom stereocenters. The quantitative estimate of drug-likeness (QED) is 0.872. The van der Waals surface area contributed by atoms with E-state index < -0.39 is 0 Å². The number of para-hydroxylation sites is 1. The summed E-state index contributed by atoms with van der Waals surface area (Å²) < 4.78 is 0. The Morgan fingerprint density at radius 2 is 2.04 bits per heavy atom. The van der Waals surface area contributed by atoms with Crippen LogP contribution in [0.3, 0.4) is 0 Å². The Balaban J connectivity index is 1.75. The lowest BCUT2D eigenvalue weighted by atomic mass is 9.97. The number of nitrogens with zero attached hydrogens (tertiary/aromatic N) is 2. The summed E-state index contributed by atoms with van der Waals surface area (Å²) in [4.78, 5) is 28.0. The third-order valence-electron chi connectivity index (χ3n) is 4.39. The molecule has 0 radical (unpaired) electrons. The molecule has 2 amide bonds. The van der Waals surface area contributed by atoms with Crippen molar-refractivity contribution in [2.75, 3.05) is 38.1 Å². The summed E-state index contributed by atoms with van der Waals surface area (Å²) in [5.41, 5.74) is 1.14. The highest BCUT2D eigenvalue weighted by Gasteiger charge is 2.27. The fourth-order valence-electron chi connectivity index (χ4n) is 2.94. The van der Waals surface area contributed by atoms with Crippen LogP contribution in [0.5, 0.6) is 0 Å². The minimum Gasteiger partial charge on any atom is -0.373 e. The van der Waals surface area contributed by atoms with E-state index in [1.165, 1.54) is 0 Å². The Morgan fingerprint density at radius 1 is 1.30 bits per heavy atom. The maximum absolute atomic E-state index is 12.3. The second kappa shape index (κ2) is 8.56. The van der Waals surface area contributed by atoms with Crippen molar-refractivity contribution in [3.63, 3.8) is 0 Å². The molecule has 5 nitrogen and oxygen atoms in total. The number of benzene rings is 1. The van der Waals surface area contributed by atoms with Crippen LogP contribution >= 0.6 is 0 Å². The van der Waals surface area contributed by atoms with Crippen LogP contribution in [-0.2, 0) is 9.59 Å². The Labute approximate surface area is 138 Å². The average molecular weight is 317 g/mol. The van der Waals surface area contributed by atoms with E-state index in [0.717, 1.165) is 31.6 Å². The third kappa shape index (κ3) is 4.98. The van der Waals surface area contributed by atoms with Crippen LogP contribution in [0.2, 0.25) is 0 Å². The number of amides is 2. The summed E-state index contributed by atoms with van der Waals surface area (Å²) in [6, 6.07) is 10.1. The number of nitrogens with one attached hydrogen (secondary N) is 1.